The molecule has 1 aromatic rings. The molecule has 0 radical (unpaired) electrons. The average molecular weight is 269 g/mol. The van der Waals surface area contributed by atoms with Crippen LogP contribution < -0.4 is 0 Å². The van der Waals surface area contributed by atoms with Crippen molar-refractivity contribution in [3.05, 3.63) is 45.6 Å². The summed E-state index contributed by atoms with van der Waals surface area (Å²) >= 11 is 0. The molecule has 1 rings (SSSR count). The van der Waals surface area contributed by atoms with Crippen LogP contribution in [0.25, 0.3) is 10.4 Å². The third-order valence-electron chi connectivity index (χ3n) is 2.52. The molecule has 0 spiro atoms. The van der Waals surface area contributed by atoms with Gasteiger partial charge in [-0.3, -0.25) is 0 Å². The zero-order valence-electron chi connectivity index (χ0n) is 9.77. The molecule has 0 fully saturated rings. The fraction of sp³-hybridized carbons (Fsp3) is 0.364. The van der Waals surface area contributed by atoms with Crippen molar-refractivity contribution >= 4 is 5.97 Å². The Morgan fingerprint density at radius 3 is 2.68 bits per heavy atom. The molecule has 7 nitrogen and oxygen atoms in total. The first kappa shape index (κ1) is 14.9. The van der Waals surface area contributed by atoms with Crippen LogP contribution in [0.3, 0.4) is 0 Å². The van der Waals surface area contributed by atoms with Crippen LogP contribution in [0.5, 0.6) is 0 Å². The van der Waals surface area contributed by atoms with Crippen LogP contribution in [0.4, 0.5) is 4.39 Å². The van der Waals surface area contributed by atoms with E-state index in [2.05, 4.69) is 10.0 Å². The zero-order valence-corrected chi connectivity index (χ0v) is 9.77. The minimum atomic E-state index is -1.52. The lowest BCUT2D eigenvalue weighted by Crippen LogP contribution is -2.20. The van der Waals surface area contributed by atoms with Crippen LogP contribution in [0, 0.1) is 5.82 Å². The van der Waals surface area contributed by atoms with Gasteiger partial charge in [0, 0.05) is 17.0 Å². The van der Waals surface area contributed by atoms with Gasteiger partial charge in [0.1, 0.15) is 11.9 Å². The van der Waals surface area contributed by atoms with Gasteiger partial charge in [-0.05, 0) is 24.1 Å². The molecule has 19 heavy (non-hydrogen) atoms. The summed E-state index contributed by atoms with van der Waals surface area (Å²) in [6.07, 6.45) is -2.86. The number of hydrogen-bond donors (Lipinski definition) is 3. The van der Waals surface area contributed by atoms with Crippen molar-refractivity contribution in [2.24, 2.45) is 5.11 Å². The zero-order chi connectivity index (χ0) is 14.4. The summed E-state index contributed by atoms with van der Waals surface area (Å²) in [5, 5.41) is 31.2. The van der Waals surface area contributed by atoms with Crippen LogP contribution in [-0.4, -0.2) is 33.9 Å². The second-order valence-electron chi connectivity index (χ2n) is 3.80. The topological polar surface area (TPSA) is 127 Å². The van der Waals surface area contributed by atoms with E-state index in [0.29, 0.717) is 0 Å². The van der Waals surface area contributed by atoms with Gasteiger partial charge in [-0.2, -0.15) is 0 Å². The molecule has 1 aromatic carbocycles. The predicted octanol–water partition coefficient (Wildman–Crippen LogP) is 1.62. The van der Waals surface area contributed by atoms with E-state index in [0.717, 1.165) is 18.2 Å². The van der Waals surface area contributed by atoms with E-state index < -0.39 is 24.0 Å². The average Bonchev–Trinajstić information content (AvgIpc) is 2.37. The van der Waals surface area contributed by atoms with Gasteiger partial charge >= 0.3 is 5.97 Å². The highest BCUT2D eigenvalue weighted by molar-refractivity contribution is 5.87. The van der Waals surface area contributed by atoms with Gasteiger partial charge in [0.05, 0.1) is 11.7 Å². The van der Waals surface area contributed by atoms with Crippen molar-refractivity contribution in [2.45, 2.75) is 18.6 Å². The molecule has 0 saturated carbocycles. The number of halogens is 1. The van der Waals surface area contributed by atoms with Gasteiger partial charge in [0.15, 0.2) is 0 Å². The first-order valence-corrected chi connectivity index (χ1v) is 5.37. The molecule has 0 aliphatic carbocycles. The molecule has 0 aliphatic heterocycles. The summed E-state index contributed by atoms with van der Waals surface area (Å²) in [6.45, 7) is -0.0381. The Bertz CT molecular complexity index is 517. The Balaban J connectivity index is 2.84. The lowest BCUT2D eigenvalue weighted by atomic mass is 10.00. The maximum absolute atomic E-state index is 13.6. The second-order valence-corrected chi connectivity index (χ2v) is 3.80. The standard InChI is InChI=1S/C11H12FN3O4/c12-8-5-6(11(18)19)1-2-7(8)10(17)9(16)3-4-14-15-13/h1-2,5,9-10,16-17H,3-4H2,(H,18,19). The summed E-state index contributed by atoms with van der Waals surface area (Å²) in [6, 6.07) is 2.99. The molecule has 2 atom stereocenters. The Kier molecular flexibility index (Phi) is 5.25. The molecule has 0 aliphatic rings. The largest absolute Gasteiger partial charge is 0.478 e. The molecule has 102 valence electrons. The Labute approximate surface area is 107 Å². The molecule has 3 N–H and O–H groups in total. The number of hydrogen-bond acceptors (Lipinski definition) is 4. The van der Waals surface area contributed by atoms with E-state index >= 15 is 0 Å². The minimum absolute atomic E-state index is 0.0364. The first-order valence-electron chi connectivity index (χ1n) is 5.37. The van der Waals surface area contributed by atoms with Gasteiger partial charge < -0.3 is 15.3 Å². The van der Waals surface area contributed by atoms with Gasteiger partial charge in [-0.25, -0.2) is 9.18 Å². The smallest absolute Gasteiger partial charge is 0.335 e. The van der Waals surface area contributed by atoms with E-state index in [1.165, 1.54) is 0 Å². The summed E-state index contributed by atoms with van der Waals surface area (Å²) in [7, 11) is 0. The Hall–Kier alpha value is -2.15. The summed E-state index contributed by atoms with van der Waals surface area (Å²) in [5.41, 5.74) is 7.60. The van der Waals surface area contributed by atoms with Crippen molar-refractivity contribution < 1.29 is 24.5 Å². The summed E-state index contributed by atoms with van der Waals surface area (Å²) in [4.78, 5) is 13.1. The Morgan fingerprint density at radius 2 is 2.16 bits per heavy atom. The maximum Gasteiger partial charge on any atom is 0.335 e. The SMILES string of the molecule is [N-]=[N+]=NCCC(O)C(O)c1ccc(C(=O)O)cc1F. The number of nitrogens with zero attached hydrogens (tertiary/aromatic N) is 3. The quantitative estimate of drug-likeness (QED) is 0.412. The van der Waals surface area contributed by atoms with Crippen LogP contribution >= 0.6 is 0 Å². The molecule has 0 saturated heterocycles. The van der Waals surface area contributed by atoms with Crippen LogP contribution in [0.2, 0.25) is 0 Å². The fourth-order valence-corrected chi connectivity index (χ4v) is 1.50. The third-order valence-corrected chi connectivity index (χ3v) is 2.52. The molecule has 0 amide bonds. The number of azide groups is 1. The molecule has 0 heterocycles. The molecule has 8 heteroatoms. The minimum Gasteiger partial charge on any atom is -0.478 e. The lowest BCUT2D eigenvalue weighted by Gasteiger charge is -2.18. The fourth-order valence-electron chi connectivity index (χ4n) is 1.50. The number of rotatable bonds is 6. The first-order chi connectivity index (χ1) is 8.97. The van der Waals surface area contributed by atoms with Crippen molar-refractivity contribution in [3.63, 3.8) is 0 Å². The van der Waals surface area contributed by atoms with Crippen molar-refractivity contribution in [1.82, 2.24) is 0 Å². The van der Waals surface area contributed by atoms with E-state index in [9.17, 15) is 19.4 Å². The highest BCUT2D eigenvalue weighted by Crippen LogP contribution is 2.23. The Morgan fingerprint density at radius 1 is 1.47 bits per heavy atom. The van der Waals surface area contributed by atoms with E-state index in [-0.39, 0.29) is 24.1 Å². The van der Waals surface area contributed by atoms with Crippen molar-refractivity contribution in [2.75, 3.05) is 6.54 Å². The van der Waals surface area contributed by atoms with Gasteiger partial charge in [-0.15, -0.1) is 0 Å². The number of carbonyl (C=O) groups is 1. The number of aliphatic hydroxyl groups is 2. The van der Waals surface area contributed by atoms with Crippen LogP contribution in [-0.2, 0) is 0 Å². The maximum atomic E-state index is 13.6. The molecular formula is C11H12FN3O4. The highest BCUT2D eigenvalue weighted by atomic mass is 19.1. The van der Waals surface area contributed by atoms with E-state index in [1.54, 1.807) is 0 Å². The predicted molar refractivity (Wildman–Crippen MR) is 63.0 cm³/mol. The lowest BCUT2D eigenvalue weighted by molar-refractivity contribution is 0.0130. The molecule has 0 bridgehead atoms. The molecular weight excluding hydrogens is 257 g/mol. The normalized spacial score (nSPS) is 13.4. The monoisotopic (exact) mass is 269 g/mol. The third kappa shape index (κ3) is 3.92. The van der Waals surface area contributed by atoms with Gasteiger partial charge in [0.2, 0.25) is 0 Å². The number of carboxylic acid groups (broad SMARTS) is 1. The van der Waals surface area contributed by atoms with Gasteiger partial charge in [0.25, 0.3) is 0 Å². The van der Waals surface area contributed by atoms with E-state index in [1.807, 2.05) is 0 Å². The van der Waals surface area contributed by atoms with Crippen LogP contribution in [0.15, 0.2) is 23.3 Å². The number of carboxylic acids is 1. The van der Waals surface area contributed by atoms with Crippen LogP contribution in [0.1, 0.15) is 28.4 Å². The van der Waals surface area contributed by atoms with Crippen molar-refractivity contribution in [1.29, 1.82) is 0 Å². The van der Waals surface area contributed by atoms with Gasteiger partial charge in [-0.1, -0.05) is 11.2 Å². The summed E-state index contributed by atoms with van der Waals surface area (Å²) in [5.74, 6) is -2.21. The molecule has 0 aromatic heterocycles. The number of benzene rings is 1. The molecule has 2 unspecified atom stereocenters. The van der Waals surface area contributed by atoms with Crippen molar-refractivity contribution in [3.8, 4) is 0 Å². The number of aromatic carboxylic acids is 1. The second kappa shape index (κ2) is 6.69. The van der Waals surface area contributed by atoms with E-state index in [4.69, 9.17) is 10.6 Å². The highest BCUT2D eigenvalue weighted by Gasteiger charge is 2.21. The summed E-state index contributed by atoms with van der Waals surface area (Å²) < 4.78 is 13.6. The number of aliphatic hydroxyl groups excluding tert-OH is 2.